The van der Waals surface area contributed by atoms with E-state index in [0.717, 1.165) is 6.42 Å². The Labute approximate surface area is 96.2 Å². The molecule has 1 nitrogen and oxygen atoms in total. The van der Waals surface area contributed by atoms with Crippen molar-refractivity contribution in [3.8, 4) is 0 Å². The van der Waals surface area contributed by atoms with Crippen molar-refractivity contribution in [1.82, 2.24) is 5.32 Å². The van der Waals surface area contributed by atoms with Crippen LogP contribution in [0, 0.1) is 0 Å². The highest BCUT2D eigenvalue weighted by Gasteiger charge is 2.19. The fourth-order valence-electron chi connectivity index (χ4n) is 2.22. The summed E-state index contributed by atoms with van der Waals surface area (Å²) in [5.41, 5.74) is 2.85. The molecule has 15 heavy (non-hydrogen) atoms. The van der Waals surface area contributed by atoms with Gasteiger partial charge in [0.25, 0.3) is 0 Å². The minimum absolute atomic E-state index is 0.470. The summed E-state index contributed by atoms with van der Waals surface area (Å²) in [6, 6.07) is 2.87. The predicted molar refractivity (Wildman–Crippen MR) is 67.6 cm³/mol. The normalized spacial score (nSPS) is 16.4. The van der Waals surface area contributed by atoms with Gasteiger partial charge in [-0.15, -0.1) is 17.9 Å². The lowest BCUT2D eigenvalue weighted by Crippen LogP contribution is -2.15. The van der Waals surface area contributed by atoms with Crippen LogP contribution in [0.15, 0.2) is 18.2 Å². The number of nitrogens with one attached hydrogen (secondary N) is 1. The van der Waals surface area contributed by atoms with Crippen LogP contribution >= 0.6 is 11.3 Å². The summed E-state index contributed by atoms with van der Waals surface area (Å²) in [5, 5.41) is 3.39. The SMILES string of the molecule is C=C(C)CC(NC)c1cc2c(s1)CCC2. The number of rotatable bonds is 4. The smallest absolute Gasteiger partial charge is 0.0449 e. The van der Waals surface area contributed by atoms with Crippen molar-refractivity contribution in [2.75, 3.05) is 7.05 Å². The van der Waals surface area contributed by atoms with Crippen molar-refractivity contribution < 1.29 is 0 Å². The number of fused-ring (bicyclic) bond motifs is 1. The van der Waals surface area contributed by atoms with Crippen molar-refractivity contribution >= 4 is 11.3 Å². The first-order valence-corrected chi connectivity index (χ1v) is 6.45. The molecule has 0 aliphatic heterocycles. The van der Waals surface area contributed by atoms with E-state index in [1.165, 1.54) is 29.7 Å². The summed E-state index contributed by atoms with van der Waals surface area (Å²) >= 11 is 1.99. The summed E-state index contributed by atoms with van der Waals surface area (Å²) in [6.45, 7) is 6.10. The predicted octanol–water partition coefficient (Wildman–Crippen LogP) is 3.46. The second kappa shape index (κ2) is 4.50. The molecule has 0 spiro atoms. The molecule has 2 rings (SSSR count). The first kappa shape index (κ1) is 10.9. The van der Waals surface area contributed by atoms with Gasteiger partial charge in [0.15, 0.2) is 0 Å². The van der Waals surface area contributed by atoms with Crippen molar-refractivity contribution in [2.45, 2.75) is 38.6 Å². The molecule has 0 amide bonds. The molecule has 1 aromatic heterocycles. The quantitative estimate of drug-likeness (QED) is 0.768. The maximum atomic E-state index is 4.00. The van der Waals surface area contributed by atoms with Gasteiger partial charge in [-0.1, -0.05) is 5.57 Å². The van der Waals surface area contributed by atoms with E-state index in [4.69, 9.17) is 0 Å². The molecule has 0 saturated carbocycles. The molecule has 1 aliphatic rings. The van der Waals surface area contributed by atoms with Gasteiger partial charge in [0.2, 0.25) is 0 Å². The van der Waals surface area contributed by atoms with E-state index in [-0.39, 0.29) is 0 Å². The molecule has 2 heteroatoms. The average molecular weight is 221 g/mol. The Morgan fingerprint density at radius 2 is 2.40 bits per heavy atom. The number of thiophene rings is 1. The largest absolute Gasteiger partial charge is 0.312 e. The lowest BCUT2D eigenvalue weighted by Gasteiger charge is -2.14. The minimum Gasteiger partial charge on any atom is -0.312 e. The Bertz CT molecular complexity index is 343. The second-order valence-electron chi connectivity index (χ2n) is 4.45. The molecule has 1 atom stereocenters. The van der Waals surface area contributed by atoms with Gasteiger partial charge in [0.05, 0.1) is 0 Å². The van der Waals surface area contributed by atoms with Crippen LogP contribution in [0.2, 0.25) is 0 Å². The fourth-order valence-corrected chi connectivity index (χ4v) is 3.58. The van der Waals surface area contributed by atoms with Gasteiger partial charge >= 0.3 is 0 Å². The highest BCUT2D eigenvalue weighted by molar-refractivity contribution is 7.12. The summed E-state index contributed by atoms with van der Waals surface area (Å²) < 4.78 is 0. The molecular formula is C13H19NS. The van der Waals surface area contributed by atoms with Crippen molar-refractivity contribution in [1.29, 1.82) is 0 Å². The van der Waals surface area contributed by atoms with Crippen LogP contribution in [-0.4, -0.2) is 7.05 Å². The van der Waals surface area contributed by atoms with Crippen LogP contribution < -0.4 is 5.32 Å². The van der Waals surface area contributed by atoms with E-state index in [1.54, 1.807) is 10.4 Å². The van der Waals surface area contributed by atoms with Crippen LogP contribution in [0.4, 0.5) is 0 Å². The molecule has 1 unspecified atom stereocenters. The third kappa shape index (κ3) is 2.32. The van der Waals surface area contributed by atoms with E-state index in [0.29, 0.717) is 6.04 Å². The monoisotopic (exact) mass is 221 g/mol. The Morgan fingerprint density at radius 3 is 3.00 bits per heavy atom. The van der Waals surface area contributed by atoms with Gasteiger partial charge in [0.1, 0.15) is 0 Å². The third-order valence-electron chi connectivity index (χ3n) is 3.01. The molecule has 0 fully saturated rings. The van der Waals surface area contributed by atoms with Gasteiger partial charge in [-0.25, -0.2) is 0 Å². The highest BCUT2D eigenvalue weighted by Crippen LogP contribution is 2.35. The standard InChI is InChI=1S/C13H19NS/c1-9(2)7-11(14-3)13-8-10-5-4-6-12(10)15-13/h8,11,14H,1,4-7H2,2-3H3. The summed E-state index contributed by atoms with van der Waals surface area (Å²) in [7, 11) is 2.04. The zero-order valence-corrected chi connectivity index (χ0v) is 10.4. The third-order valence-corrected chi connectivity index (χ3v) is 4.36. The molecule has 1 aromatic rings. The van der Waals surface area contributed by atoms with Crippen LogP contribution in [-0.2, 0) is 12.8 Å². The van der Waals surface area contributed by atoms with Crippen LogP contribution in [0.1, 0.15) is 41.1 Å². The highest BCUT2D eigenvalue weighted by atomic mass is 32.1. The Hall–Kier alpha value is -0.600. The zero-order valence-electron chi connectivity index (χ0n) is 9.60. The fraction of sp³-hybridized carbons (Fsp3) is 0.538. The second-order valence-corrected chi connectivity index (χ2v) is 5.62. The average Bonchev–Trinajstić information content (AvgIpc) is 2.72. The minimum atomic E-state index is 0.470. The molecule has 0 aromatic carbocycles. The number of aryl methyl sites for hydroxylation is 2. The van der Waals surface area contributed by atoms with Crippen molar-refractivity contribution in [2.24, 2.45) is 0 Å². The van der Waals surface area contributed by atoms with Gasteiger partial charge in [-0.05, 0) is 51.3 Å². The maximum Gasteiger partial charge on any atom is 0.0449 e. The van der Waals surface area contributed by atoms with E-state index < -0.39 is 0 Å². The molecule has 82 valence electrons. The van der Waals surface area contributed by atoms with E-state index in [9.17, 15) is 0 Å². The van der Waals surface area contributed by atoms with Crippen molar-refractivity contribution in [3.63, 3.8) is 0 Å². The lowest BCUT2D eigenvalue weighted by atomic mass is 10.1. The van der Waals surface area contributed by atoms with Crippen LogP contribution in [0.5, 0.6) is 0 Å². The zero-order chi connectivity index (χ0) is 10.8. The Kier molecular flexibility index (Phi) is 3.27. The number of hydrogen-bond donors (Lipinski definition) is 1. The molecule has 1 aliphatic carbocycles. The molecule has 0 saturated heterocycles. The van der Waals surface area contributed by atoms with Crippen molar-refractivity contribution in [3.05, 3.63) is 33.5 Å². The maximum absolute atomic E-state index is 4.00. The van der Waals surface area contributed by atoms with Gasteiger partial charge in [-0.2, -0.15) is 0 Å². The molecule has 0 radical (unpaired) electrons. The summed E-state index contributed by atoms with van der Waals surface area (Å²) in [5.74, 6) is 0. The van der Waals surface area contributed by atoms with E-state index in [2.05, 4.69) is 24.9 Å². The Balaban J connectivity index is 2.16. The first-order valence-electron chi connectivity index (χ1n) is 5.64. The topological polar surface area (TPSA) is 12.0 Å². The van der Waals surface area contributed by atoms with E-state index in [1.807, 2.05) is 18.4 Å². The lowest BCUT2D eigenvalue weighted by molar-refractivity contribution is 0.599. The molecular weight excluding hydrogens is 202 g/mol. The first-order chi connectivity index (χ1) is 7.20. The van der Waals surface area contributed by atoms with E-state index >= 15 is 0 Å². The Morgan fingerprint density at radius 1 is 1.60 bits per heavy atom. The van der Waals surface area contributed by atoms with Crippen LogP contribution in [0.25, 0.3) is 0 Å². The summed E-state index contributed by atoms with van der Waals surface area (Å²) in [6.07, 6.45) is 4.99. The summed E-state index contributed by atoms with van der Waals surface area (Å²) in [4.78, 5) is 3.11. The van der Waals surface area contributed by atoms with Crippen LogP contribution in [0.3, 0.4) is 0 Å². The number of hydrogen-bond acceptors (Lipinski definition) is 2. The van der Waals surface area contributed by atoms with Gasteiger partial charge in [0, 0.05) is 15.8 Å². The molecule has 0 bridgehead atoms. The van der Waals surface area contributed by atoms with Gasteiger partial charge in [-0.3, -0.25) is 0 Å². The van der Waals surface area contributed by atoms with Gasteiger partial charge < -0.3 is 5.32 Å². The molecule has 1 N–H and O–H groups in total. The molecule has 1 heterocycles.